The van der Waals surface area contributed by atoms with Gasteiger partial charge in [0.15, 0.2) is 0 Å². The molecule has 0 fully saturated rings. The van der Waals surface area contributed by atoms with Gasteiger partial charge in [0.05, 0.1) is 11.4 Å². The standard InChI is InChI=1S/C24H19Br2N/c1-16-6-15-22(17-7-11-19(25)12-8-17)24(18-9-13-20(26)14-10-18)27-23-5-3-2-4-21(16)23/h2-5,7-16H,6H2,1H3/b22-15+,27-24-. The van der Waals surface area contributed by atoms with Gasteiger partial charge in [0, 0.05) is 20.1 Å². The Kier molecular flexibility index (Phi) is 5.42. The molecule has 134 valence electrons. The Labute approximate surface area is 177 Å². The van der Waals surface area contributed by atoms with Crippen LogP contribution in [0.3, 0.4) is 0 Å². The Balaban J connectivity index is 1.93. The number of rotatable bonds is 2. The summed E-state index contributed by atoms with van der Waals surface area (Å²) in [4.78, 5) is 5.15. The maximum atomic E-state index is 5.15. The average Bonchev–Trinajstić information content (AvgIpc) is 2.68. The lowest BCUT2D eigenvalue weighted by Crippen LogP contribution is -2.08. The van der Waals surface area contributed by atoms with Gasteiger partial charge in [-0.25, -0.2) is 4.99 Å². The number of hydrogen-bond donors (Lipinski definition) is 0. The van der Waals surface area contributed by atoms with Gasteiger partial charge >= 0.3 is 0 Å². The number of benzene rings is 3. The van der Waals surface area contributed by atoms with E-state index in [9.17, 15) is 0 Å². The molecule has 0 aliphatic carbocycles. The monoisotopic (exact) mass is 479 g/mol. The second kappa shape index (κ2) is 7.95. The van der Waals surface area contributed by atoms with E-state index in [2.05, 4.69) is 118 Å². The molecule has 3 heteroatoms. The molecule has 1 heterocycles. The minimum atomic E-state index is 0.432. The van der Waals surface area contributed by atoms with Crippen molar-refractivity contribution in [3.05, 3.63) is 105 Å². The fourth-order valence-electron chi connectivity index (χ4n) is 3.42. The van der Waals surface area contributed by atoms with Crippen molar-refractivity contribution < 1.29 is 0 Å². The van der Waals surface area contributed by atoms with Gasteiger partial charge in [-0.15, -0.1) is 0 Å². The number of halogens is 2. The molecular weight excluding hydrogens is 462 g/mol. The molecule has 1 nitrogen and oxygen atoms in total. The van der Waals surface area contributed by atoms with Crippen molar-refractivity contribution in [2.24, 2.45) is 4.99 Å². The molecule has 0 spiro atoms. The molecule has 0 N–H and O–H groups in total. The zero-order valence-corrected chi connectivity index (χ0v) is 18.2. The van der Waals surface area contributed by atoms with Crippen LogP contribution in [0.4, 0.5) is 5.69 Å². The van der Waals surface area contributed by atoms with Crippen LogP contribution in [-0.2, 0) is 0 Å². The van der Waals surface area contributed by atoms with Crippen LogP contribution in [-0.4, -0.2) is 5.71 Å². The quantitative estimate of drug-likeness (QED) is 0.353. The molecule has 27 heavy (non-hydrogen) atoms. The fourth-order valence-corrected chi connectivity index (χ4v) is 3.95. The van der Waals surface area contributed by atoms with E-state index >= 15 is 0 Å². The van der Waals surface area contributed by atoms with Gasteiger partial charge in [-0.1, -0.05) is 87.3 Å². The van der Waals surface area contributed by atoms with Gasteiger partial charge in [0.2, 0.25) is 0 Å². The van der Waals surface area contributed by atoms with Crippen LogP contribution in [0.25, 0.3) is 5.57 Å². The van der Waals surface area contributed by atoms with Gasteiger partial charge in [-0.05, 0) is 53.8 Å². The number of hydrogen-bond acceptors (Lipinski definition) is 1. The summed E-state index contributed by atoms with van der Waals surface area (Å²) in [7, 11) is 0. The third-order valence-electron chi connectivity index (χ3n) is 4.90. The van der Waals surface area contributed by atoms with Gasteiger partial charge in [-0.3, -0.25) is 0 Å². The maximum absolute atomic E-state index is 5.15. The van der Waals surface area contributed by atoms with Crippen molar-refractivity contribution in [1.82, 2.24) is 0 Å². The summed E-state index contributed by atoms with van der Waals surface area (Å²) in [6.07, 6.45) is 3.32. The Bertz CT molecular complexity index is 1020. The van der Waals surface area contributed by atoms with Gasteiger partial charge in [-0.2, -0.15) is 0 Å². The predicted octanol–water partition coefficient (Wildman–Crippen LogP) is 7.92. The largest absolute Gasteiger partial charge is 0.247 e. The predicted molar refractivity (Wildman–Crippen MR) is 122 cm³/mol. The van der Waals surface area contributed by atoms with Gasteiger partial charge < -0.3 is 0 Å². The van der Waals surface area contributed by atoms with Crippen molar-refractivity contribution >= 4 is 48.8 Å². The first-order chi connectivity index (χ1) is 13.1. The van der Waals surface area contributed by atoms with E-state index < -0.39 is 0 Å². The van der Waals surface area contributed by atoms with E-state index in [0.29, 0.717) is 5.92 Å². The molecule has 0 aromatic heterocycles. The molecule has 3 aromatic rings. The Morgan fingerprint density at radius 3 is 2.04 bits per heavy atom. The van der Waals surface area contributed by atoms with Crippen LogP contribution in [0.2, 0.25) is 0 Å². The molecular formula is C24H19Br2N. The first-order valence-corrected chi connectivity index (χ1v) is 10.6. The molecule has 0 saturated heterocycles. The summed E-state index contributed by atoms with van der Waals surface area (Å²) in [5, 5.41) is 0. The van der Waals surface area contributed by atoms with E-state index in [0.717, 1.165) is 32.3 Å². The number of nitrogens with zero attached hydrogens (tertiary/aromatic N) is 1. The summed E-state index contributed by atoms with van der Waals surface area (Å²) in [6.45, 7) is 2.27. The lowest BCUT2D eigenvalue weighted by Gasteiger charge is -2.20. The molecule has 1 atom stereocenters. The fraction of sp³-hybridized carbons (Fsp3) is 0.125. The molecule has 0 radical (unpaired) electrons. The zero-order valence-electron chi connectivity index (χ0n) is 15.0. The second-order valence-electron chi connectivity index (χ2n) is 6.79. The normalized spacial score (nSPS) is 20.5. The summed E-state index contributed by atoms with van der Waals surface area (Å²) in [5.74, 6) is 0.432. The van der Waals surface area contributed by atoms with Crippen LogP contribution in [0.15, 0.2) is 92.8 Å². The van der Waals surface area contributed by atoms with Crippen molar-refractivity contribution in [2.75, 3.05) is 0 Å². The minimum Gasteiger partial charge on any atom is -0.247 e. The molecule has 0 bridgehead atoms. The zero-order chi connectivity index (χ0) is 18.8. The molecule has 0 saturated carbocycles. The first-order valence-electron chi connectivity index (χ1n) is 9.02. The second-order valence-corrected chi connectivity index (χ2v) is 8.62. The molecule has 1 aliphatic rings. The smallest absolute Gasteiger partial charge is 0.0784 e. The molecule has 0 amide bonds. The highest BCUT2D eigenvalue weighted by atomic mass is 79.9. The van der Waals surface area contributed by atoms with Crippen molar-refractivity contribution in [1.29, 1.82) is 0 Å². The Hall–Kier alpha value is -1.97. The first kappa shape index (κ1) is 18.4. The SMILES string of the molecule is CC1C/C=C(c2ccc(Br)cc2)/C(c2ccc(Br)cc2)=N\c2ccccc21. The van der Waals surface area contributed by atoms with Gasteiger partial charge in [0.1, 0.15) is 0 Å². The van der Waals surface area contributed by atoms with Crippen molar-refractivity contribution in [3.8, 4) is 0 Å². The van der Waals surface area contributed by atoms with E-state index in [1.54, 1.807) is 0 Å². The molecule has 4 rings (SSSR count). The summed E-state index contributed by atoms with van der Waals surface area (Å²) < 4.78 is 2.15. The molecule has 3 aromatic carbocycles. The number of para-hydroxylation sites is 1. The third kappa shape index (κ3) is 3.99. The maximum Gasteiger partial charge on any atom is 0.0784 e. The minimum absolute atomic E-state index is 0.432. The lowest BCUT2D eigenvalue weighted by molar-refractivity contribution is 0.781. The number of allylic oxidation sites excluding steroid dienone is 2. The molecule has 1 aliphatic heterocycles. The van der Waals surface area contributed by atoms with Crippen LogP contribution in [0.5, 0.6) is 0 Å². The summed E-state index contributed by atoms with van der Waals surface area (Å²) in [6, 6.07) is 25.4. The lowest BCUT2D eigenvalue weighted by atomic mass is 9.88. The van der Waals surface area contributed by atoms with Crippen molar-refractivity contribution in [3.63, 3.8) is 0 Å². The summed E-state index contributed by atoms with van der Waals surface area (Å²) >= 11 is 7.08. The highest BCUT2D eigenvalue weighted by Crippen LogP contribution is 2.35. The van der Waals surface area contributed by atoms with E-state index in [1.807, 2.05) is 0 Å². The highest BCUT2D eigenvalue weighted by molar-refractivity contribution is 9.10. The number of fused-ring (bicyclic) bond motifs is 1. The van der Waals surface area contributed by atoms with Crippen LogP contribution in [0, 0.1) is 0 Å². The summed E-state index contributed by atoms with van der Waals surface area (Å²) in [5.41, 5.74) is 6.88. The topological polar surface area (TPSA) is 12.4 Å². The highest BCUT2D eigenvalue weighted by Gasteiger charge is 2.18. The average molecular weight is 481 g/mol. The van der Waals surface area contributed by atoms with Crippen LogP contribution < -0.4 is 0 Å². The van der Waals surface area contributed by atoms with E-state index in [-0.39, 0.29) is 0 Å². The number of aliphatic imine (C=N–C) groups is 1. The van der Waals surface area contributed by atoms with Crippen molar-refractivity contribution in [2.45, 2.75) is 19.3 Å². The third-order valence-corrected chi connectivity index (χ3v) is 5.96. The van der Waals surface area contributed by atoms with E-state index in [4.69, 9.17) is 4.99 Å². The Morgan fingerprint density at radius 2 is 1.37 bits per heavy atom. The Morgan fingerprint density at radius 1 is 0.778 bits per heavy atom. The van der Waals surface area contributed by atoms with Crippen LogP contribution >= 0.6 is 31.9 Å². The van der Waals surface area contributed by atoms with E-state index in [1.165, 1.54) is 16.7 Å². The molecule has 1 unspecified atom stereocenters. The van der Waals surface area contributed by atoms with Gasteiger partial charge in [0.25, 0.3) is 0 Å². The van der Waals surface area contributed by atoms with Crippen LogP contribution in [0.1, 0.15) is 36.0 Å².